The smallest absolute Gasteiger partial charge is 0.310 e. The molecule has 3 nitrogen and oxygen atoms in total. The van der Waals surface area contributed by atoms with Gasteiger partial charge in [-0.2, -0.15) is 0 Å². The van der Waals surface area contributed by atoms with Crippen LogP contribution in [0.3, 0.4) is 0 Å². The minimum atomic E-state index is -0.756. The molecule has 1 heterocycles. The molecule has 2 rings (SSSR count). The Labute approximate surface area is 102 Å². The van der Waals surface area contributed by atoms with Crippen molar-refractivity contribution >= 4 is 11.7 Å². The standard InChI is InChI=1S/C14H19NO2/c1-4-15-9(2)8-11-6-5-7-12(13(11)15)10(3)14(16)17/h5-7,9-10H,4,8H2,1-3H3,(H,16,17). The Morgan fingerprint density at radius 3 is 2.88 bits per heavy atom. The molecule has 1 N–H and O–H groups in total. The molecule has 0 aromatic heterocycles. The van der Waals surface area contributed by atoms with Crippen molar-refractivity contribution in [1.29, 1.82) is 0 Å². The van der Waals surface area contributed by atoms with Crippen molar-refractivity contribution in [3.8, 4) is 0 Å². The van der Waals surface area contributed by atoms with Crippen LogP contribution < -0.4 is 4.90 Å². The summed E-state index contributed by atoms with van der Waals surface area (Å²) >= 11 is 0. The molecule has 0 spiro atoms. The zero-order valence-electron chi connectivity index (χ0n) is 10.6. The number of carboxylic acids is 1. The number of para-hydroxylation sites is 1. The van der Waals surface area contributed by atoms with E-state index in [9.17, 15) is 9.90 Å². The maximum atomic E-state index is 11.2. The van der Waals surface area contributed by atoms with Gasteiger partial charge in [0.2, 0.25) is 0 Å². The molecular weight excluding hydrogens is 214 g/mol. The van der Waals surface area contributed by atoms with E-state index < -0.39 is 11.9 Å². The van der Waals surface area contributed by atoms with Gasteiger partial charge >= 0.3 is 5.97 Å². The Kier molecular flexibility index (Phi) is 3.09. The van der Waals surface area contributed by atoms with E-state index in [1.54, 1.807) is 6.92 Å². The fourth-order valence-electron chi connectivity index (χ4n) is 2.73. The van der Waals surface area contributed by atoms with Crippen LogP contribution in [0.2, 0.25) is 0 Å². The number of hydrogen-bond donors (Lipinski definition) is 1. The first-order chi connectivity index (χ1) is 8.06. The number of nitrogens with zero attached hydrogens (tertiary/aromatic N) is 1. The molecule has 3 heteroatoms. The molecule has 1 aromatic rings. The molecule has 0 radical (unpaired) electrons. The van der Waals surface area contributed by atoms with Crippen LogP contribution in [0.4, 0.5) is 5.69 Å². The summed E-state index contributed by atoms with van der Waals surface area (Å²) in [4.78, 5) is 13.5. The Morgan fingerprint density at radius 1 is 1.59 bits per heavy atom. The summed E-state index contributed by atoms with van der Waals surface area (Å²) in [6.07, 6.45) is 1.02. The van der Waals surface area contributed by atoms with Crippen LogP contribution in [-0.4, -0.2) is 23.7 Å². The van der Waals surface area contributed by atoms with Gasteiger partial charge in [-0.1, -0.05) is 18.2 Å². The number of aliphatic carboxylic acids is 1. The van der Waals surface area contributed by atoms with E-state index in [-0.39, 0.29) is 0 Å². The average molecular weight is 233 g/mol. The van der Waals surface area contributed by atoms with Gasteiger partial charge in [0.1, 0.15) is 0 Å². The van der Waals surface area contributed by atoms with Gasteiger partial charge in [-0.15, -0.1) is 0 Å². The van der Waals surface area contributed by atoms with Gasteiger partial charge < -0.3 is 10.0 Å². The van der Waals surface area contributed by atoms with Crippen molar-refractivity contribution in [2.24, 2.45) is 0 Å². The lowest BCUT2D eigenvalue weighted by Crippen LogP contribution is -2.29. The van der Waals surface area contributed by atoms with Gasteiger partial charge in [0.05, 0.1) is 5.92 Å². The quantitative estimate of drug-likeness (QED) is 0.872. The molecule has 1 aliphatic rings. The fourth-order valence-corrected chi connectivity index (χ4v) is 2.73. The first-order valence-corrected chi connectivity index (χ1v) is 6.17. The molecular formula is C14H19NO2. The highest BCUT2D eigenvalue weighted by Crippen LogP contribution is 2.38. The molecule has 2 unspecified atom stereocenters. The summed E-state index contributed by atoms with van der Waals surface area (Å²) in [6, 6.07) is 6.49. The second-order valence-electron chi connectivity index (χ2n) is 4.75. The first-order valence-electron chi connectivity index (χ1n) is 6.17. The van der Waals surface area contributed by atoms with Gasteiger partial charge in [-0.25, -0.2) is 0 Å². The first kappa shape index (κ1) is 12.0. The Bertz CT molecular complexity index is 442. The predicted octanol–water partition coefficient (Wildman–Crippen LogP) is 2.65. The average Bonchev–Trinajstić information content (AvgIpc) is 2.62. The molecule has 0 bridgehead atoms. The van der Waals surface area contributed by atoms with E-state index in [0.717, 1.165) is 24.2 Å². The highest BCUT2D eigenvalue weighted by atomic mass is 16.4. The molecule has 92 valence electrons. The Hall–Kier alpha value is -1.51. The number of hydrogen-bond acceptors (Lipinski definition) is 2. The zero-order chi connectivity index (χ0) is 12.6. The number of carbonyl (C=O) groups is 1. The molecule has 0 saturated heterocycles. The van der Waals surface area contributed by atoms with Crippen LogP contribution in [0.1, 0.15) is 37.8 Å². The third kappa shape index (κ3) is 1.90. The van der Waals surface area contributed by atoms with Crippen molar-refractivity contribution in [2.45, 2.75) is 39.2 Å². The highest BCUT2D eigenvalue weighted by Gasteiger charge is 2.30. The minimum absolute atomic E-state index is 0.440. The number of anilines is 1. The molecule has 0 amide bonds. The molecule has 1 aromatic carbocycles. The van der Waals surface area contributed by atoms with Crippen molar-refractivity contribution in [2.75, 3.05) is 11.4 Å². The summed E-state index contributed by atoms with van der Waals surface area (Å²) in [5, 5.41) is 9.17. The topological polar surface area (TPSA) is 40.5 Å². The number of rotatable bonds is 3. The van der Waals surface area contributed by atoms with Gasteiger partial charge in [-0.05, 0) is 38.3 Å². The molecule has 0 fully saturated rings. The van der Waals surface area contributed by atoms with Gasteiger partial charge in [0.15, 0.2) is 0 Å². The number of carboxylic acid groups (broad SMARTS) is 1. The third-order valence-corrected chi connectivity index (χ3v) is 3.66. The minimum Gasteiger partial charge on any atom is -0.481 e. The van der Waals surface area contributed by atoms with Gasteiger partial charge in [-0.3, -0.25) is 4.79 Å². The van der Waals surface area contributed by atoms with E-state index in [1.165, 1.54) is 5.56 Å². The van der Waals surface area contributed by atoms with Gasteiger partial charge in [0.25, 0.3) is 0 Å². The Balaban J connectivity index is 2.50. The largest absolute Gasteiger partial charge is 0.481 e. The van der Waals surface area contributed by atoms with Crippen LogP contribution >= 0.6 is 0 Å². The summed E-state index contributed by atoms with van der Waals surface area (Å²) in [5.74, 6) is -1.20. The molecule has 0 saturated carbocycles. The molecule has 17 heavy (non-hydrogen) atoms. The van der Waals surface area contributed by atoms with E-state index in [1.807, 2.05) is 12.1 Å². The predicted molar refractivity (Wildman–Crippen MR) is 68.7 cm³/mol. The number of likely N-dealkylation sites (N-methyl/N-ethyl adjacent to an activating group) is 1. The third-order valence-electron chi connectivity index (χ3n) is 3.66. The van der Waals surface area contributed by atoms with Crippen LogP contribution in [0.15, 0.2) is 18.2 Å². The van der Waals surface area contributed by atoms with Crippen molar-refractivity contribution in [3.05, 3.63) is 29.3 Å². The highest BCUT2D eigenvalue weighted by molar-refractivity contribution is 5.80. The van der Waals surface area contributed by atoms with Gasteiger partial charge in [0, 0.05) is 18.3 Å². The zero-order valence-corrected chi connectivity index (χ0v) is 10.6. The second-order valence-corrected chi connectivity index (χ2v) is 4.75. The SMILES string of the molecule is CCN1c2c(cccc2C(C)C(=O)O)CC1C. The normalized spacial score (nSPS) is 20.2. The summed E-state index contributed by atoms with van der Waals surface area (Å²) in [7, 11) is 0. The molecule has 2 atom stereocenters. The lowest BCUT2D eigenvalue weighted by Gasteiger charge is -2.26. The van der Waals surface area contributed by atoms with Crippen LogP contribution in [0.25, 0.3) is 0 Å². The van der Waals surface area contributed by atoms with Crippen LogP contribution in [-0.2, 0) is 11.2 Å². The van der Waals surface area contributed by atoms with Crippen LogP contribution in [0.5, 0.6) is 0 Å². The summed E-state index contributed by atoms with van der Waals surface area (Å²) in [6.45, 7) is 7.00. The molecule has 1 aliphatic heterocycles. The monoisotopic (exact) mass is 233 g/mol. The van der Waals surface area contributed by atoms with Crippen molar-refractivity contribution < 1.29 is 9.90 Å². The lowest BCUT2D eigenvalue weighted by molar-refractivity contribution is -0.138. The van der Waals surface area contributed by atoms with E-state index in [4.69, 9.17) is 0 Å². The van der Waals surface area contributed by atoms with E-state index in [2.05, 4.69) is 24.8 Å². The number of fused-ring (bicyclic) bond motifs is 1. The summed E-state index contributed by atoms with van der Waals surface area (Å²) in [5.41, 5.74) is 3.38. The van der Waals surface area contributed by atoms with Crippen molar-refractivity contribution in [3.63, 3.8) is 0 Å². The maximum absolute atomic E-state index is 11.2. The van der Waals surface area contributed by atoms with E-state index in [0.29, 0.717) is 6.04 Å². The fraction of sp³-hybridized carbons (Fsp3) is 0.500. The summed E-state index contributed by atoms with van der Waals surface area (Å²) < 4.78 is 0. The molecule has 0 aliphatic carbocycles. The van der Waals surface area contributed by atoms with Crippen molar-refractivity contribution in [1.82, 2.24) is 0 Å². The number of benzene rings is 1. The lowest BCUT2D eigenvalue weighted by atomic mass is 9.96. The maximum Gasteiger partial charge on any atom is 0.310 e. The Morgan fingerprint density at radius 2 is 2.29 bits per heavy atom. The van der Waals surface area contributed by atoms with Crippen LogP contribution in [0, 0.1) is 0 Å². The second kappa shape index (κ2) is 4.40. The van der Waals surface area contributed by atoms with E-state index >= 15 is 0 Å².